The first-order valence-electron chi connectivity index (χ1n) is 6.19. The number of nitrogens with zero attached hydrogens (tertiary/aromatic N) is 1. The van der Waals surface area contributed by atoms with E-state index in [1.165, 1.54) is 30.7 Å². The molecule has 1 saturated carbocycles. The van der Waals surface area contributed by atoms with Crippen LogP contribution in [0, 0.1) is 0 Å². The van der Waals surface area contributed by atoms with Crippen molar-refractivity contribution in [2.45, 2.75) is 44.6 Å². The number of hydrogen-bond donors (Lipinski definition) is 2. The Morgan fingerprint density at radius 2 is 2.35 bits per heavy atom. The molecule has 1 aliphatic carbocycles. The van der Waals surface area contributed by atoms with Gasteiger partial charge in [0.2, 0.25) is 0 Å². The molecule has 17 heavy (non-hydrogen) atoms. The molecule has 0 aliphatic heterocycles. The highest BCUT2D eigenvalue weighted by Crippen LogP contribution is 2.18. The van der Waals surface area contributed by atoms with Gasteiger partial charge in [0.25, 0.3) is 0 Å². The Morgan fingerprint density at radius 1 is 1.59 bits per heavy atom. The van der Waals surface area contributed by atoms with E-state index in [-0.39, 0.29) is 0 Å². The van der Waals surface area contributed by atoms with Crippen LogP contribution in [0.2, 0.25) is 0 Å². The van der Waals surface area contributed by atoms with E-state index in [4.69, 9.17) is 12.2 Å². The molecule has 1 fully saturated rings. The molecular weight excluding hydrogens is 250 g/mol. The average Bonchev–Trinajstić information content (AvgIpc) is 2.97. The maximum atomic E-state index is 5.30. The summed E-state index contributed by atoms with van der Waals surface area (Å²) >= 11 is 7.00. The first-order valence-corrected chi connectivity index (χ1v) is 7.48. The summed E-state index contributed by atoms with van der Waals surface area (Å²) in [6.07, 6.45) is 7.02. The molecule has 1 aromatic rings. The molecule has 0 spiro atoms. The smallest absolute Gasteiger partial charge is 0.166 e. The molecule has 1 aliphatic rings. The van der Waals surface area contributed by atoms with E-state index < -0.39 is 0 Å². The van der Waals surface area contributed by atoms with Gasteiger partial charge in [-0.15, -0.1) is 11.3 Å². The highest BCUT2D eigenvalue weighted by Gasteiger charge is 2.15. The van der Waals surface area contributed by atoms with Gasteiger partial charge in [0.05, 0.1) is 5.01 Å². The Morgan fingerprint density at radius 3 is 3.00 bits per heavy atom. The van der Waals surface area contributed by atoms with Crippen LogP contribution >= 0.6 is 23.6 Å². The quantitative estimate of drug-likeness (QED) is 0.824. The topological polar surface area (TPSA) is 37.0 Å². The van der Waals surface area contributed by atoms with Crippen LogP contribution in [0.5, 0.6) is 0 Å². The van der Waals surface area contributed by atoms with Crippen molar-refractivity contribution in [3.63, 3.8) is 0 Å². The van der Waals surface area contributed by atoms with Crippen molar-refractivity contribution in [1.82, 2.24) is 15.6 Å². The number of thiocarbonyl (C=S) groups is 1. The molecule has 1 atom stereocenters. The fraction of sp³-hybridized carbons (Fsp3) is 0.667. The molecule has 3 nitrogen and oxygen atoms in total. The highest BCUT2D eigenvalue weighted by molar-refractivity contribution is 7.80. The van der Waals surface area contributed by atoms with Gasteiger partial charge < -0.3 is 10.6 Å². The maximum absolute atomic E-state index is 5.30. The van der Waals surface area contributed by atoms with Crippen LogP contribution in [0.4, 0.5) is 0 Å². The van der Waals surface area contributed by atoms with E-state index in [1.54, 1.807) is 11.3 Å². The van der Waals surface area contributed by atoms with Gasteiger partial charge in [-0.2, -0.15) is 0 Å². The predicted molar refractivity (Wildman–Crippen MR) is 76.5 cm³/mol. The zero-order valence-corrected chi connectivity index (χ0v) is 11.7. The lowest BCUT2D eigenvalue weighted by Crippen LogP contribution is -2.41. The summed E-state index contributed by atoms with van der Waals surface area (Å²) in [6.45, 7) is 3.02. The molecule has 1 unspecified atom stereocenters. The van der Waals surface area contributed by atoms with Crippen LogP contribution in [-0.2, 0) is 0 Å². The third kappa shape index (κ3) is 3.92. The van der Waals surface area contributed by atoms with Crippen LogP contribution < -0.4 is 10.6 Å². The summed E-state index contributed by atoms with van der Waals surface area (Å²) in [5.41, 5.74) is 0. The second-order valence-electron chi connectivity index (χ2n) is 4.61. The Kier molecular flexibility index (Phi) is 4.74. The molecule has 5 heteroatoms. The molecule has 2 rings (SSSR count). The minimum atomic E-state index is 0.415. The SMILES string of the molecule is CC(CNC(=S)NC1CCCC1)c1nccs1. The van der Waals surface area contributed by atoms with Gasteiger partial charge >= 0.3 is 0 Å². The largest absolute Gasteiger partial charge is 0.362 e. The van der Waals surface area contributed by atoms with Crippen molar-refractivity contribution in [3.05, 3.63) is 16.6 Å². The van der Waals surface area contributed by atoms with Gasteiger partial charge in [-0.25, -0.2) is 4.98 Å². The predicted octanol–water partition coefficient (Wildman–Crippen LogP) is 2.65. The zero-order chi connectivity index (χ0) is 12.1. The normalized spacial score (nSPS) is 17.9. The Bertz CT molecular complexity index is 345. The van der Waals surface area contributed by atoms with Crippen molar-refractivity contribution >= 4 is 28.7 Å². The van der Waals surface area contributed by atoms with E-state index in [1.807, 2.05) is 11.6 Å². The van der Waals surface area contributed by atoms with Crippen molar-refractivity contribution in [2.75, 3.05) is 6.54 Å². The van der Waals surface area contributed by atoms with E-state index in [9.17, 15) is 0 Å². The van der Waals surface area contributed by atoms with Gasteiger partial charge in [-0.05, 0) is 25.1 Å². The molecule has 0 amide bonds. The average molecular weight is 269 g/mol. The molecule has 0 aromatic carbocycles. The van der Waals surface area contributed by atoms with E-state index in [0.29, 0.717) is 12.0 Å². The first-order chi connectivity index (χ1) is 8.25. The van der Waals surface area contributed by atoms with Gasteiger partial charge in [-0.1, -0.05) is 19.8 Å². The lowest BCUT2D eigenvalue weighted by molar-refractivity contribution is 0.613. The fourth-order valence-corrected chi connectivity index (χ4v) is 3.07. The lowest BCUT2D eigenvalue weighted by Gasteiger charge is -2.17. The molecule has 94 valence electrons. The highest BCUT2D eigenvalue weighted by atomic mass is 32.1. The summed E-state index contributed by atoms with van der Waals surface area (Å²) in [7, 11) is 0. The van der Waals surface area contributed by atoms with Crippen LogP contribution in [0.1, 0.15) is 43.5 Å². The fourth-order valence-electron chi connectivity index (χ4n) is 2.12. The third-order valence-corrected chi connectivity index (χ3v) is 4.40. The monoisotopic (exact) mass is 269 g/mol. The standard InChI is InChI=1S/C12H19N3S2/c1-9(11-13-6-7-17-11)8-14-12(16)15-10-4-2-3-5-10/h6-7,9-10H,2-5,8H2,1H3,(H2,14,15,16). The molecule has 0 radical (unpaired) electrons. The number of nitrogens with one attached hydrogen (secondary N) is 2. The summed E-state index contributed by atoms with van der Waals surface area (Å²) in [5, 5.41) is 10.6. The Balaban J connectivity index is 1.68. The summed E-state index contributed by atoms with van der Waals surface area (Å²) in [6, 6.07) is 0.588. The van der Waals surface area contributed by atoms with E-state index in [0.717, 1.165) is 11.7 Å². The van der Waals surface area contributed by atoms with Gasteiger partial charge in [0.1, 0.15) is 0 Å². The van der Waals surface area contributed by atoms with Gasteiger partial charge in [0, 0.05) is 30.1 Å². The summed E-state index contributed by atoms with van der Waals surface area (Å²) in [5.74, 6) is 0.415. The lowest BCUT2D eigenvalue weighted by atomic mass is 10.2. The maximum Gasteiger partial charge on any atom is 0.166 e. The molecule has 1 heterocycles. The second kappa shape index (κ2) is 6.31. The number of thiazole rings is 1. The Hall–Kier alpha value is -0.680. The molecule has 1 aromatic heterocycles. The Labute approximate surface area is 112 Å². The first kappa shape index (κ1) is 12.8. The van der Waals surface area contributed by atoms with Crippen molar-refractivity contribution in [3.8, 4) is 0 Å². The van der Waals surface area contributed by atoms with Crippen molar-refractivity contribution < 1.29 is 0 Å². The molecule has 2 N–H and O–H groups in total. The van der Waals surface area contributed by atoms with Crippen LogP contribution in [0.25, 0.3) is 0 Å². The van der Waals surface area contributed by atoms with Gasteiger partial charge in [-0.3, -0.25) is 0 Å². The van der Waals surface area contributed by atoms with Crippen LogP contribution in [-0.4, -0.2) is 22.7 Å². The van der Waals surface area contributed by atoms with Crippen LogP contribution in [0.3, 0.4) is 0 Å². The molecular formula is C12H19N3S2. The minimum Gasteiger partial charge on any atom is -0.362 e. The van der Waals surface area contributed by atoms with Crippen molar-refractivity contribution in [1.29, 1.82) is 0 Å². The summed E-state index contributed by atoms with van der Waals surface area (Å²) < 4.78 is 0. The van der Waals surface area contributed by atoms with Gasteiger partial charge in [0.15, 0.2) is 5.11 Å². The molecule has 0 bridgehead atoms. The van der Waals surface area contributed by atoms with E-state index in [2.05, 4.69) is 22.5 Å². The minimum absolute atomic E-state index is 0.415. The molecule has 0 saturated heterocycles. The van der Waals surface area contributed by atoms with E-state index >= 15 is 0 Å². The second-order valence-corrected chi connectivity index (χ2v) is 5.94. The van der Waals surface area contributed by atoms with Crippen LogP contribution in [0.15, 0.2) is 11.6 Å². The number of rotatable bonds is 4. The number of hydrogen-bond acceptors (Lipinski definition) is 3. The number of aromatic nitrogens is 1. The van der Waals surface area contributed by atoms with Crippen molar-refractivity contribution in [2.24, 2.45) is 0 Å². The summed E-state index contributed by atoms with van der Waals surface area (Å²) in [4.78, 5) is 4.31. The zero-order valence-electron chi connectivity index (χ0n) is 10.1. The third-order valence-electron chi connectivity index (χ3n) is 3.13.